The molecule has 0 saturated carbocycles. The molecule has 6 heteroatoms. The highest BCUT2D eigenvalue weighted by Crippen LogP contribution is 2.38. The molecule has 3 aromatic rings. The van der Waals surface area contributed by atoms with Gasteiger partial charge in [0.15, 0.2) is 0 Å². The van der Waals surface area contributed by atoms with Crippen LogP contribution in [0.1, 0.15) is 28.8 Å². The van der Waals surface area contributed by atoms with Gasteiger partial charge in [-0.1, -0.05) is 24.3 Å². The molecule has 1 fully saturated rings. The van der Waals surface area contributed by atoms with E-state index in [1.54, 1.807) is 44.0 Å². The normalized spacial score (nSPS) is 15.3. The minimum Gasteiger partial charge on any atom is -0.359 e. The molecule has 1 N–H and O–H groups in total. The van der Waals surface area contributed by atoms with Crippen molar-refractivity contribution in [3.63, 3.8) is 0 Å². The number of carbonyl (C=O) groups excluding carboxylic acids is 2. The van der Waals surface area contributed by atoms with Crippen molar-refractivity contribution in [1.29, 1.82) is 0 Å². The van der Waals surface area contributed by atoms with E-state index >= 15 is 0 Å². The molecule has 158 valence electrons. The Hall–Kier alpha value is -3.54. The van der Waals surface area contributed by atoms with Gasteiger partial charge >= 0.3 is 0 Å². The Bertz CT molecular complexity index is 1050. The molecule has 1 saturated heterocycles. The van der Waals surface area contributed by atoms with E-state index < -0.39 is 5.41 Å². The number of carbonyl (C=O) groups is 2. The number of hydrogen-bond donors (Lipinski definition) is 1. The van der Waals surface area contributed by atoms with Gasteiger partial charge in [-0.25, -0.2) is 0 Å². The molecule has 0 spiro atoms. The first-order valence-electron chi connectivity index (χ1n) is 10.5. The molecule has 0 atom stereocenters. The average Bonchev–Trinajstić information content (AvgIpc) is 2.85. The van der Waals surface area contributed by atoms with Crippen molar-refractivity contribution in [2.45, 2.75) is 19.3 Å². The lowest BCUT2D eigenvalue weighted by Crippen LogP contribution is -2.50. The van der Waals surface area contributed by atoms with Crippen molar-refractivity contribution in [3.05, 3.63) is 84.4 Å². The highest BCUT2D eigenvalue weighted by molar-refractivity contribution is 5.94. The van der Waals surface area contributed by atoms with Crippen LogP contribution in [0, 0.1) is 5.41 Å². The second-order valence-electron chi connectivity index (χ2n) is 7.96. The zero-order valence-corrected chi connectivity index (χ0v) is 17.6. The van der Waals surface area contributed by atoms with Gasteiger partial charge in [0, 0.05) is 50.5 Å². The van der Waals surface area contributed by atoms with E-state index in [0.717, 1.165) is 16.7 Å². The molecule has 4 rings (SSSR count). The number of benzene rings is 1. The third-order valence-corrected chi connectivity index (χ3v) is 6.18. The molecule has 0 unspecified atom stereocenters. The number of rotatable bonds is 5. The molecule has 31 heavy (non-hydrogen) atoms. The third kappa shape index (κ3) is 4.33. The lowest BCUT2D eigenvalue weighted by atomic mass is 9.72. The van der Waals surface area contributed by atoms with Gasteiger partial charge in [-0.15, -0.1) is 0 Å². The van der Waals surface area contributed by atoms with Crippen LogP contribution in [0.2, 0.25) is 0 Å². The Morgan fingerprint density at radius 1 is 0.935 bits per heavy atom. The first kappa shape index (κ1) is 20.7. The summed E-state index contributed by atoms with van der Waals surface area (Å²) >= 11 is 0. The van der Waals surface area contributed by atoms with Gasteiger partial charge in [-0.2, -0.15) is 0 Å². The van der Waals surface area contributed by atoms with Crippen LogP contribution in [0.5, 0.6) is 0 Å². The van der Waals surface area contributed by atoms with Gasteiger partial charge in [0.25, 0.3) is 5.91 Å². The molecule has 0 aliphatic carbocycles. The first-order valence-corrected chi connectivity index (χ1v) is 10.5. The predicted molar refractivity (Wildman–Crippen MR) is 119 cm³/mol. The zero-order valence-electron chi connectivity index (χ0n) is 17.6. The monoisotopic (exact) mass is 414 g/mol. The summed E-state index contributed by atoms with van der Waals surface area (Å²) in [5.41, 5.74) is 3.41. The summed E-state index contributed by atoms with van der Waals surface area (Å²) in [6, 6.07) is 15.6. The molecule has 1 aromatic carbocycles. The maximum Gasteiger partial charge on any atom is 0.253 e. The molecular formula is C25H26N4O2. The maximum absolute atomic E-state index is 13.1. The number of likely N-dealkylation sites (tertiary alicyclic amines) is 1. The summed E-state index contributed by atoms with van der Waals surface area (Å²) in [4.78, 5) is 35.8. The first-order chi connectivity index (χ1) is 15.1. The van der Waals surface area contributed by atoms with Crippen molar-refractivity contribution >= 4 is 11.8 Å². The van der Waals surface area contributed by atoms with E-state index in [2.05, 4.69) is 27.4 Å². The van der Waals surface area contributed by atoms with Crippen molar-refractivity contribution in [2.24, 2.45) is 5.41 Å². The Labute approximate surface area is 182 Å². The Morgan fingerprint density at radius 3 is 2.19 bits per heavy atom. The fraction of sp³-hybridized carbons (Fsp3) is 0.280. The standard InChI is InChI=1S/C25H26N4O2/c1-26-24(31)25(10-16-29(17-11-25)23(30)20-8-14-28-15-9-20)18-21-4-2-3-5-22(21)19-6-12-27-13-7-19/h2-9,12-15H,10-11,16-18H2,1H3,(H,26,31). The van der Waals surface area contributed by atoms with E-state index in [1.165, 1.54) is 0 Å². The highest BCUT2D eigenvalue weighted by Gasteiger charge is 2.42. The van der Waals surface area contributed by atoms with Crippen LogP contribution in [0.15, 0.2) is 73.3 Å². The molecule has 1 aliphatic heterocycles. The van der Waals surface area contributed by atoms with E-state index in [1.807, 2.05) is 29.2 Å². The second kappa shape index (κ2) is 9.08. The molecule has 1 aliphatic rings. The summed E-state index contributed by atoms with van der Waals surface area (Å²) in [7, 11) is 1.69. The van der Waals surface area contributed by atoms with Gasteiger partial charge in [-0.05, 0) is 60.2 Å². The molecule has 3 heterocycles. The van der Waals surface area contributed by atoms with Crippen molar-refractivity contribution in [3.8, 4) is 11.1 Å². The predicted octanol–water partition coefficient (Wildman–Crippen LogP) is 3.35. The van der Waals surface area contributed by atoms with Gasteiger partial charge in [-0.3, -0.25) is 19.6 Å². The van der Waals surface area contributed by atoms with E-state index in [4.69, 9.17) is 0 Å². The van der Waals surface area contributed by atoms with E-state index in [-0.39, 0.29) is 11.8 Å². The van der Waals surface area contributed by atoms with Gasteiger partial charge in [0.1, 0.15) is 0 Å². The van der Waals surface area contributed by atoms with Crippen molar-refractivity contribution < 1.29 is 9.59 Å². The quantitative estimate of drug-likeness (QED) is 0.695. The summed E-state index contributed by atoms with van der Waals surface area (Å²) in [6.07, 6.45) is 8.68. The van der Waals surface area contributed by atoms with Crippen LogP contribution in [0.4, 0.5) is 0 Å². The number of nitrogens with zero attached hydrogens (tertiary/aromatic N) is 3. The summed E-state index contributed by atoms with van der Waals surface area (Å²) in [5, 5.41) is 2.87. The number of nitrogens with one attached hydrogen (secondary N) is 1. The summed E-state index contributed by atoms with van der Waals surface area (Å²) in [6.45, 7) is 1.10. The minimum absolute atomic E-state index is 0.00917. The van der Waals surface area contributed by atoms with Gasteiger partial charge in [0.2, 0.25) is 5.91 Å². The van der Waals surface area contributed by atoms with Crippen molar-refractivity contribution in [2.75, 3.05) is 20.1 Å². The summed E-state index contributed by atoms with van der Waals surface area (Å²) in [5.74, 6) is 0.0260. The molecule has 0 radical (unpaired) electrons. The van der Waals surface area contributed by atoms with E-state index in [0.29, 0.717) is 37.9 Å². The molecular weight excluding hydrogens is 388 g/mol. The maximum atomic E-state index is 13.1. The number of hydrogen-bond acceptors (Lipinski definition) is 4. The molecule has 0 bridgehead atoms. The lowest BCUT2D eigenvalue weighted by molar-refractivity contribution is -0.133. The molecule has 2 aromatic heterocycles. The lowest BCUT2D eigenvalue weighted by Gasteiger charge is -2.41. The van der Waals surface area contributed by atoms with Crippen LogP contribution >= 0.6 is 0 Å². The second-order valence-corrected chi connectivity index (χ2v) is 7.96. The Morgan fingerprint density at radius 2 is 1.55 bits per heavy atom. The number of piperidine rings is 1. The SMILES string of the molecule is CNC(=O)C1(Cc2ccccc2-c2ccncc2)CCN(C(=O)c2ccncc2)CC1. The third-order valence-electron chi connectivity index (χ3n) is 6.18. The number of amides is 2. The Kier molecular flexibility index (Phi) is 6.07. The van der Waals surface area contributed by atoms with Gasteiger partial charge in [0.05, 0.1) is 5.41 Å². The summed E-state index contributed by atoms with van der Waals surface area (Å²) < 4.78 is 0. The van der Waals surface area contributed by atoms with E-state index in [9.17, 15) is 9.59 Å². The Balaban J connectivity index is 1.58. The van der Waals surface area contributed by atoms with Crippen LogP contribution in [0.3, 0.4) is 0 Å². The number of aromatic nitrogens is 2. The smallest absolute Gasteiger partial charge is 0.253 e. The number of pyridine rings is 2. The van der Waals surface area contributed by atoms with Crippen LogP contribution < -0.4 is 5.32 Å². The average molecular weight is 415 g/mol. The zero-order chi connectivity index (χ0) is 21.7. The largest absolute Gasteiger partial charge is 0.359 e. The van der Waals surface area contributed by atoms with Crippen LogP contribution in [0.25, 0.3) is 11.1 Å². The topological polar surface area (TPSA) is 75.2 Å². The minimum atomic E-state index is -0.549. The fourth-order valence-corrected chi connectivity index (χ4v) is 4.42. The van der Waals surface area contributed by atoms with Crippen molar-refractivity contribution in [1.82, 2.24) is 20.2 Å². The van der Waals surface area contributed by atoms with Crippen LogP contribution in [-0.4, -0.2) is 46.8 Å². The van der Waals surface area contributed by atoms with Crippen LogP contribution in [-0.2, 0) is 11.2 Å². The molecule has 6 nitrogen and oxygen atoms in total. The fourth-order valence-electron chi connectivity index (χ4n) is 4.42. The molecule has 2 amide bonds. The van der Waals surface area contributed by atoms with Gasteiger partial charge < -0.3 is 10.2 Å². The highest BCUT2D eigenvalue weighted by atomic mass is 16.2.